The third-order valence-electron chi connectivity index (χ3n) is 5.21. The SMILES string of the molecule is CN(C)CCOC(=O)Nc1ncc2c(n1)-c1ccccc1C(c1ccc(Cl)c(Cl)c1)C2. The maximum atomic E-state index is 12.0. The molecular formula is C23H22Cl2N4O2. The summed E-state index contributed by atoms with van der Waals surface area (Å²) in [6.07, 6.45) is 1.91. The van der Waals surface area contributed by atoms with E-state index in [1.54, 1.807) is 6.20 Å². The van der Waals surface area contributed by atoms with Gasteiger partial charge in [-0.25, -0.2) is 14.8 Å². The lowest BCUT2D eigenvalue weighted by Crippen LogP contribution is -2.23. The fraction of sp³-hybridized carbons (Fsp3) is 0.261. The Balaban J connectivity index is 1.61. The second kappa shape index (κ2) is 9.22. The van der Waals surface area contributed by atoms with Crippen LogP contribution in [0.4, 0.5) is 10.7 Å². The van der Waals surface area contributed by atoms with E-state index in [0.717, 1.165) is 34.4 Å². The first kappa shape index (κ1) is 21.6. The Kier molecular flexibility index (Phi) is 6.41. The number of halogens is 2. The van der Waals surface area contributed by atoms with E-state index in [2.05, 4.69) is 21.4 Å². The summed E-state index contributed by atoms with van der Waals surface area (Å²) >= 11 is 12.4. The van der Waals surface area contributed by atoms with Crippen molar-refractivity contribution in [1.29, 1.82) is 0 Å². The van der Waals surface area contributed by atoms with E-state index < -0.39 is 6.09 Å². The van der Waals surface area contributed by atoms with E-state index in [0.29, 0.717) is 16.6 Å². The molecule has 1 atom stereocenters. The van der Waals surface area contributed by atoms with Gasteiger partial charge in [0.25, 0.3) is 0 Å². The van der Waals surface area contributed by atoms with Gasteiger partial charge in [-0.15, -0.1) is 0 Å². The van der Waals surface area contributed by atoms with Crippen molar-refractivity contribution in [2.45, 2.75) is 12.3 Å². The molecule has 6 nitrogen and oxygen atoms in total. The highest BCUT2D eigenvalue weighted by Crippen LogP contribution is 2.42. The van der Waals surface area contributed by atoms with E-state index in [1.165, 1.54) is 0 Å². The van der Waals surface area contributed by atoms with Crippen LogP contribution in [-0.4, -0.2) is 48.2 Å². The van der Waals surface area contributed by atoms with Crippen molar-refractivity contribution < 1.29 is 9.53 Å². The molecule has 0 saturated carbocycles. The molecule has 1 aliphatic rings. The number of hydrogen-bond donors (Lipinski definition) is 1. The van der Waals surface area contributed by atoms with E-state index in [-0.39, 0.29) is 18.5 Å². The minimum absolute atomic E-state index is 0.108. The van der Waals surface area contributed by atoms with Crippen molar-refractivity contribution in [3.8, 4) is 11.3 Å². The van der Waals surface area contributed by atoms with Crippen LogP contribution in [-0.2, 0) is 11.2 Å². The highest BCUT2D eigenvalue weighted by molar-refractivity contribution is 6.42. The molecule has 0 aliphatic heterocycles. The Morgan fingerprint density at radius 1 is 1.19 bits per heavy atom. The Bertz CT molecular complexity index is 1120. The number of likely N-dealkylation sites (N-methyl/N-ethyl adjacent to an activating group) is 1. The number of nitrogens with zero attached hydrogens (tertiary/aromatic N) is 3. The van der Waals surface area contributed by atoms with Gasteiger partial charge < -0.3 is 9.64 Å². The van der Waals surface area contributed by atoms with Gasteiger partial charge in [-0.3, -0.25) is 5.32 Å². The van der Waals surface area contributed by atoms with E-state index in [9.17, 15) is 4.79 Å². The van der Waals surface area contributed by atoms with Crippen LogP contribution in [0.5, 0.6) is 0 Å². The Hall–Kier alpha value is -2.67. The fourth-order valence-corrected chi connectivity index (χ4v) is 3.98. The van der Waals surface area contributed by atoms with E-state index in [4.69, 9.17) is 27.9 Å². The van der Waals surface area contributed by atoms with Gasteiger partial charge in [0.1, 0.15) is 6.61 Å². The van der Waals surface area contributed by atoms with Gasteiger partial charge in [0, 0.05) is 24.2 Å². The lowest BCUT2D eigenvalue weighted by atomic mass is 9.78. The predicted molar refractivity (Wildman–Crippen MR) is 123 cm³/mol. The largest absolute Gasteiger partial charge is 0.448 e. The maximum Gasteiger partial charge on any atom is 0.414 e. The smallest absolute Gasteiger partial charge is 0.414 e. The number of hydrogen-bond acceptors (Lipinski definition) is 5. The molecule has 1 aliphatic carbocycles. The molecule has 1 unspecified atom stereocenters. The highest BCUT2D eigenvalue weighted by Gasteiger charge is 2.28. The molecule has 0 bridgehead atoms. The molecule has 1 aromatic heterocycles. The molecule has 1 N–H and O–H groups in total. The molecule has 31 heavy (non-hydrogen) atoms. The van der Waals surface area contributed by atoms with E-state index in [1.807, 2.05) is 55.4 Å². The van der Waals surface area contributed by atoms with Gasteiger partial charge >= 0.3 is 6.09 Å². The summed E-state index contributed by atoms with van der Waals surface area (Å²) in [5, 5.41) is 3.69. The van der Waals surface area contributed by atoms with Gasteiger partial charge in [0.15, 0.2) is 0 Å². The first-order chi connectivity index (χ1) is 14.9. The van der Waals surface area contributed by atoms with Crippen LogP contribution in [0.25, 0.3) is 11.3 Å². The first-order valence-electron chi connectivity index (χ1n) is 9.91. The van der Waals surface area contributed by atoms with Crippen LogP contribution in [0.15, 0.2) is 48.7 Å². The number of amides is 1. The van der Waals surface area contributed by atoms with Crippen molar-refractivity contribution in [3.05, 3.63) is 75.4 Å². The lowest BCUT2D eigenvalue weighted by molar-refractivity contribution is 0.151. The number of rotatable bonds is 5. The minimum atomic E-state index is -0.570. The molecule has 3 aromatic rings. The zero-order valence-electron chi connectivity index (χ0n) is 17.2. The van der Waals surface area contributed by atoms with Gasteiger partial charge in [-0.1, -0.05) is 53.5 Å². The number of fused-ring (bicyclic) bond motifs is 3. The molecule has 0 spiro atoms. The number of aromatic nitrogens is 2. The second-order valence-electron chi connectivity index (χ2n) is 7.65. The molecule has 0 fully saturated rings. The van der Waals surface area contributed by atoms with Crippen molar-refractivity contribution in [3.63, 3.8) is 0 Å². The number of ether oxygens (including phenoxy) is 1. The summed E-state index contributed by atoms with van der Waals surface area (Å²) in [4.78, 5) is 22.9. The van der Waals surface area contributed by atoms with Gasteiger partial charge in [0.05, 0.1) is 15.7 Å². The predicted octanol–water partition coefficient (Wildman–Crippen LogP) is 5.25. The molecule has 4 rings (SSSR count). The average molecular weight is 457 g/mol. The van der Waals surface area contributed by atoms with Crippen LogP contribution in [0.3, 0.4) is 0 Å². The number of carbonyl (C=O) groups is 1. The third kappa shape index (κ3) is 4.82. The molecular weight excluding hydrogens is 435 g/mol. The Labute approximate surface area is 191 Å². The number of benzene rings is 2. The summed E-state index contributed by atoms with van der Waals surface area (Å²) < 4.78 is 5.17. The zero-order valence-corrected chi connectivity index (χ0v) is 18.7. The Morgan fingerprint density at radius 3 is 2.77 bits per heavy atom. The summed E-state index contributed by atoms with van der Waals surface area (Å²) in [6, 6.07) is 13.8. The maximum absolute atomic E-state index is 12.0. The minimum Gasteiger partial charge on any atom is -0.448 e. The van der Waals surface area contributed by atoms with E-state index >= 15 is 0 Å². The standard InChI is InChI=1S/C23H22Cl2N4O2/c1-29(2)9-10-31-23(30)28-22-26-13-15-11-18(14-7-8-19(24)20(25)12-14)16-5-3-4-6-17(16)21(15)27-22/h3-8,12-13,18H,9-11H2,1-2H3,(H,26,27,28,30). The summed E-state index contributed by atoms with van der Waals surface area (Å²) in [5.41, 5.74) is 5.05. The van der Waals surface area contributed by atoms with Crippen molar-refractivity contribution in [2.75, 3.05) is 32.6 Å². The first-order valence-corrected chi connectivity index (χ1v) is 10.7. The summed E-state index contributed by atoms with van der Waals surface area (Å²) in [7, 11) is 3.83. The number of nitrogens with one attached hydrogen (secondary N) is 1. The van der Waals surface area contributed by atoms with Crippen molar-refractivity contribution in [1.82, 2.24) is 14.9 Å². The molecule has 1 heterocycles. The number of carbonyl (C=O) groups excluding carboxylic acids is 1. The van der Waals surface area contributed by atoms with Crippen LogP contribution in [0, 0.1) is 0 Å². The monoisotopic (exact) mass is 456 g/mol. The van der Waals surface area contributed by atoms with Crippen LogP contribution in [0.1, 0.15) is 22.6 Å². The second-order valence-corrected chi connectivity index (χ2v) is 8.46. The average Bonchev–Trinajstić information content (AvgIpc) is 2.75. The van der Waals surface area contributed by atoms with Crippen LogP contribution in [0.2, 0.25) is 10.0 Å². The lowest BCUT2D eigenvalue weighted by Gasteiger charge is -2.27. The molecule has 8 heteroatoms. The zero-order chi connectivity index (χ0) is 22.0. The molecule has 2 aromatic carbocycles. The van der Waals surface area contributed by atoms with Crippen molar-refractivity contribution in [2.24, 2.45) is 0 Å². The quantitative estimate of drug-likeness (QED) is 0.567. The van der Waals surface area contributed by atoms with Crippen molar-refractivity contribution >= 4 is 35.2 Å². The third-order valence-corrected chi connectivity index (χ3v) is 5.95. The van der Waals surface area contributed by atoms with Gasteiger partial charge in [-0.05, 0) is 49.3 Å². The van der Waals surface area contributed by atoms with Gasteiger partial charge in [0.2, 0.25) is 5.95 Å². The molecule has 1 amide bonds. The molecule has 0 radical (unpaired) electrons. The van der Waals surface area contributed by atoms with Gasteiger partial charge in [-0.2, -0.15) is 0 Å². The fourth-order valence-electron chi connectivity index (χ4n) is 3.67. The normalized spacial score (nSPS) is 14.7. The topological polar surface area (TPSA) is 67.3 Å². The summed E-state index contributed by atoms with van der Waals surface area (Å²) in [6.45, 7) is 0.930. The Morgan fingerprint density at radius 2 is 2.00 bits per heavy atom. The molecule has 160 valence electrons. The van der Waals surface area contributed by atoms with Crippen LogP contribution < -0.4 is 5.32 Å². The molecule has 0 saturated heterocycles. The highest BCUT2D eigenvalue weighted by atomic mass is 35.5. The summed E-state index contributed by atoms with van der Waals surface area (Å²) in [5.74, 6) is 0.327. The number of anilines is 1. The van der Waals surface area contributed by atoms with Crippen LogP contribution >= 0.6 is 23.2 Å².